The largest absolute Gasteiger partial charge is 0.493 e. The van der Waals surface area contributed by atoms with Gasteiger partial charge in [-0.2, -0.15) is 0 Å². The number of aromatic nitrogens is 3. The van der Waals surface area contributed by atoms with Crippen molar-refractivity contribution in [2.45, 2.75) is 32.2 Å². The topological polar surface area (TPSA) is 117 Å². The lowest BCUT2D eigenvalue weighted by Crippen LogP contribution is -2.44. The molecule has 1 fully saturated rings. The van der Waals surface area contributed by atoms with Gasteiger partial charge in [0, 0.05) is 23.7 Å². The van der Waals surface area contributed by atoms with Crippen LogP contribution in [0, 0.1) is 6.92 Å². The van der Waals surface area contributed by atoms with Gasteiger partial charge >= 0.3 is 0 Å². The lowest BCUT2D eigenvalue weighted by Gasteiger charge is -2.20. The highest BCUT2D eigenvalue weighted by molar-refractivity contribution is 6.30. The van der Waals surface area contributed by atoms with Crippen molar-refractivity contribution in [2.75, 3.05) is 33.4 Å². The number of fused-ring (bicyclic) bond motifs is 5. The number of methoxy groups -OCH3 is 1. The van der Waals surface area contributed by atoms with E-state index >= 15 is 0 Å². The maximum Gasteiger partial charge on any atom is 0.260 e. The summed E-state index contributed by atoms with van der Waals surface area (Å²) < 4.78 is 24.8. The quantitative estimate of drug-likeness (QED) is 0.534. The van der Waals surface area contributed by atoms with E-state index in [2.05, 4.69) is 15.6 Å². The van der Waals surface area contributed by atoms with Gasteiger partial charge < -0.3 is 29.2 Å². The summed E-state index contributed by atoms with van der Waals surface area (Å²) in [6, 6.07) is 9.76. The number of carbonyl (C=O) groups excluding carboxylic acids is 2. The Hall–Kier alpha value is -3.83. The van der Waals surface area contributed by atoms with Crippen LogP contribution in [0.25, 0.3) is 0 Å². The van der Waals surface area contributed by atoms with E-state index in [0.717, 1.165) is 5.56 Å². The summed E-state index contributed by atoms with van der Waals surface area (Å²) in [7, 11) is 1.54. The van der Waals surface area contributed by atoms with Crippen LogP contribution in [0.5, 0.6) is 17.2 Å². The van der Waals surface area contributed by atoms with Crippen molar-refractivity contribution in [2.24, 2.45) is 0 Å². The maximum absolute atomic E-state index is 13.2. The van der Waals surface area contributed by atoms with Gasteiger partial charge in [0.1, 0.15) is 18.1 Å². The van der Waals surface area contributed by atoms with E-state index in [1.54, 1.807) is 52.2 Å². The van der Waals surface area contributed by atoms with Crippen LogP contribution in [0.2, 0.25) is 5.02 Å². The Morgan fingerprint density at radius 2 is 2.05 bits per heavy atom. The third-order valence-electron chi connectivity index (χ3n) is 6.46. The SMILES string of the molecule is COc1ccc2cc1OCCn1cc(nn1)CO[C@H]1CN(C(=O)COc3ccc(Cl)cc3C)C[C@@H]1NC2=O. The van der Waals surface area contributed by atoms with Crippen molar-refractivity contribution in [3.05, 3.63) is 64.4 Å². The normalized spacial score (nSPS) is 19.4. The number of aryl methyl sites for hydroxylation is 1. The average molecular weight is 542 g/mol. The van der Waals surface area contributed by atoms with E-state index in [9.17, 15) is 9.59 Å². The predicted molar refractivity (Wildman–Crippen MR) is 137 cm³/mol. The molecule has 0 spiro atoms. The van der Waals surface area contributed by atoms with Gasteiger partial charge in [-0.15, -0.1) is 5.10 Å². The molecule has 3 aromatic rings. The fraction of sp³-hybridized carbons (Fsp3) is 0.385. The van der Waals surface area contributed by atoms with Gasteiger partial charge in [0.2, 0.25) is 0 Å². The molecule has 0 aliphatic carbocycles. The van der Waals surface area contributed by atoms with E-state index in [4.69, 9.17) is 30.5 Å². The Kier molecular flexibility index (Phi) is 7.66. The molecule has 1 aromatic heterocycles. The molecule has 1 saturated heterocycles. The number of nitrogens with one attached hydrogen (secondary N) is 1. The molecule has 0 radical (unpaired) electrons. The molecule has 2 aliphatic rings. The first-order valence-electron chi connectivity index (χ1n) is 12.2. The molecule has 0 unspecified atom stereocenters. The number of benzene rings is 2. The standard InChI is InChI=1S/C26H28ClN5O6/c1-16-9-18(27)4-6-21(16)38-15-25(33)31-12-20-24(13-31)37-14-19-11-32(30-29-19)7-8-36-23-10-17(26(34)28-20)3-5-22(23)35-2/h3-6,9-11,20,24H,7-8,12-15H2,1-2H3,(H,28,34)/t20-,24-/m0/s1. The summed E-state index contributed by atoms with van der Waals surface area (Å²) >= 11 is 6.01. The summed E-state index contributed by atoms with van der Waals surface area (Å²) in [5.41, 5.74) is 1.87. The molecule has 1 N–H and O–H groups in total. The molecule has 0 saturated carbocycles. The second-order valence-electron chi connectivity index (χ2n) is 9.11. The lowest BCUT2D eigenvalue weighted by molar-refractivity contribution is -0.132. The molecule has 2 amide bonds. The number of rotatable bonds is 4. The number of hydrogen-bond acceptors (Lipinski definition) is 8. The Labute approximate surface area is 224 Å². The van der Waals surface area contributed by atoms with Crippen LogP contribution in [-0.2, 0) is 22.7 Å². The molecule has 38 heavy (non-hydrogen) atoms. The van der Waals surface area contributed by atoms with E-state index in [0.29, 0.717) is 46.7 Å². The van der Waals surface area contributed by atoms with Gasteiger partial charge in [-0.05, 0) is 48.9 Å². The Morgan fingerprint density at radius 3 is 2.87 bits per heavy atom. The molecule has 3 heterocycles. The van der Waals surface area contributed by atoms with Gasteiger partial charge in [-0.1, -0.05) is 16.8 Å². The van der Waals surface area contributed by atoms with E-state index in [1.165, 1.54) is 7.11 Å². The summed E-state index contributed by atoms with van der Waals surface area (Å²) in [5, 5.41) is 11.9. The fourth-order valence-corrected chi connectivity index (χ4v) is 4.66. The molecule has 12 heteroatoms. The molecule has 2 aromatic carbocycles. The van der Waals surface area contributed by atoms with Crippen LogP contribution in [-0.4, -0.2) is 77.3 Å². The third kappa shape index (κ3) is 5.84. The maximum atomic E-state index is 13.2. The summed E-state index contributed by atoms with van der Waals surface area (Å²) in [4.78, 5) is 27.8. The summed E-state index contributed by atoms with van der Waals surface area (Å²) in [6.45, 7) is 3.22. The molecule has 4 bridgehead atoms. The molecular weight excluding hydrogens is 514 g/mol. The fourth-order valence-electron chi connectivity index (χ4n) is 4.43. The van der Waals surface area contributed by atoms with Gasteiger partial charge in [0.05, 0.1) is 38.6 Å². The zero-order valence-corrected chi connectivity index (χ0v) is 21.8. The minimum atomic E-state index is -0.454. The molecule has 2 atom stereocenters. The minimum absolute atomic E-state index is 0.149. The third-order valence-corrected chi connectivity index (χ3v) is 6.69. The van der Waals surface area contributed by atoms with Gasteiger partial charge in [0.25, 0.3) is 11.8 Å². The van der Waals surface area contributed by atoms with Crippen molar-refractivity contribution in [3.63, 3.8) is 0 Å². The molecule has 5 rings (SSSR count). The van der Waals surface area contributed by atoms with Crippen molar-refractivity contribution in [3.8, 4) is 17.2 Å². The van der Waals surface area contributed by atoms with Crippen LogP contribution >= 0.6 is 11.6 Å². The molecule has 200 valence electrons. The highest BCUT2D eigenvalue weighted by Gasteiger charge is 2.37. The smallest absolute Gasteiger partial charge is 0.260 e. The number of likely N-dealkylation sites (tertiary alicyclic amines) is 1. The molecular formula is C26H28ClN5O6. The number of halogens is 1. The lowest BCUT2D eigenvalue weighted by atomic mass is 10.1. The van der Waals surface area contributed by atoms with Gasteiger partial charge in [-0.25, -0.2) is 4.68 Å². The molecule has 2 aliphatic heterocycles. The number of amides is 2. The van der Waals surface area contributed by atoms with E-state index < -0.39 is 12.1 Å². The van der Waals surface area contributed by atoms with Crippen LogP contribution in [0.3, 0.4) is 0 Å². The Bertz CT molecular complexity index is 1330. The van der Waals surface area contributed by atoms with Crippen molar-refractivity contribution in [1.82, 2.24) is 25.2 Å². The van der Waals surface area contributed by atoms with Crippen LogP contribution in [0.4, 0.5) is 0 Å². The first kappa shape index (κ1) is 25.8. The highest BCUT2D eigenvalue weighted by atomic mass is 35.5. The zero-order chi connectivity index (χ0) is 26.6. The number of ether oxygens (including phenoxy) is 4. The van der Waals surface area contributed by atoms with E-state index in [1.807, 2.05) is 6.92 Å². The number of carbonyl (C=O) groups is 2. The van der Waals surface area contributed by atoms with Crippen molar-refractivity contribution < 1.29 is 28.5 Å². The first-order valence-corrected chi connectivity index (χ1v) is 12.6. The average Bonchev–Trinajstić information content (AvgIpc) is 3.53. The van der Waals surface area contributed by atoms with Crippen LogP contribution in [0.1, 0.15) is 21.6 Å². The van der Waals surface area contributed by atoms with E-state index in [-0.39, 0.29) is 38.1 Å². The summed E-state index contributed by atoms with van der Waals surface area (Å²) in [6.07, 6.45) is 1.33. The van der Waals surface area contributed by atoms with Gasteiger partial charge in [-0.3, -0.25) is 9.59 Å². The van der Waals surface area contributed by atoms with Crippen LogP contribution < -0.4 is 19.5 Å². The highest BCUT2D eigenvalue weighted by Crippen LogP contribution is 2.29. The Morgan fingerprint density at radius 1 is 1.21 bits per heavy atom. The van der Waals surface area contributed by atoms with Crippen LogP contribution in [0.15, 0.2) is 42.6 Å². The number of hydrogen-bond donors (Lipinski definition) is 1. The monoisotopic (exact) mass is 541 g/mol. The molecule has 11 nitrogen and oxygen atoms in total. The Balaban J connectivity index is 1.33. The van der Waals surface area contributed by atoms with Crippen molar-refractivity contribution in [1.29, 1.82) is 0 Å². The zero-order valence-electron chi connectivity index (χ0n) is 21.1. The summed E-state index contributed by atoms with van der Waals surface area (Å²) in [5.74, 6) is 1.02. The first-order chi connectivity index (χ1) is 18.4. The predicted octanol–water partition coefficient (Wildman–Crippen LogP) is 2.25. The van der Waals surface area contributed by atoms with Gasteiger partial charge in [0.15, 0.2) is 18.1 Å². The number of nitrogens with zero attached hydrogens (tertiary/aromatic N) is 4. The minimum Gasteiger partial charge on any atom is -0.493 e. The second-order valence-corrected chi connectivity index (χ2v) is 9.55. The van der Waals surface area contributed by atoms with Crippen molar-refractivity contribution >= 4 is 23.4 Å². The second kappa shape index (κ2) is 11.3.